The van der Waals surface area contributed by atoms with Gasteiger partial charge >= 0.3 is 5.97 Å². The molecular weight excluding hydrogens is 238 g/mol. The van der Waals surface area contributed by atoms with Crippen molar-refractivity contribution in [1.29, 1.82) is 0 Å². The Morgan fingerprint density at radius 1 is 1.21 bits per heavy atom. The molecule has 0 aliphatic carbocycles. The first-order valence-corrected chi connectivity index (χ1v) is 7.14. The van der Waals surface area contributed by atoms with Crippen LogP contribution in [0.4, 0.5) is 0 Å². The first kappa shape index (κ1) is 15.7. The number of benzene rings is 1. The summed E-state index contributed by atoms with van der Waals surface area (Å²) in [7, 11) is 0. The molecular formula is C16H25NO2. The average molecular weight is 263 g/mol. The minimum Gasteiger partial charge on any atom is -0.465 e. The molecule has 0 saturated heterocycles. The number of rotatable bonds is 8. The van der Waals surface area contributed by atoms with E-state index in [1.54, 1.807) is 0 Å². The summed E-state index contributed by atoms with van der Waals surface area (Å²) in [4.78, 5) is 12.3. The highest BCUT2D eigenvalue weighted by molar-refractivity contribution is 5.81. The first-order valence-electron chi connectivity index (χ1n) is 7.14. The number of nitrogens with one attached hydrogen (secondary N) is 1. The molecule has 0 spiro atoms. The second-order valence-corrected chi connectivity index (χ2v) is 4.75. The van der Waals surface area contributed by atoms with Gasteiger partial charge in [0.05, 0.1) is 6.61 Å². The smallest absolute Gasteiger partial charge is 0.326 e. The van der Waals surface area contributed by atoms with Gasteiger partial charge in [-0.1, -0.05) is 44.2 Å². The summed E-state index contributed by atoms with van der Waals surface area (Å²) in [5.41, 5.74) is 0.550. The van der Waals surface area contributed by atoms with Crippen LogP contribution in [0.5, 0.6) is 0 Å². The average Bonchev–Trinajstić information content (AvgIpc) is 2.45. The van der Waals surface area contributed by atoms with Gasteiger partial charge in [-0.15, -0.1) is 0 Å². The van der Waals surface area contributed by atoms with Gasteiger partial charge in [-0.05, 0) is 31.9 Å². The molecule has 0 aliphatic rings. The highest BCUT2D eigenvalue weighted by atomic mass is 16.5. The van der Waals surface area contributed by atoms with Gasteiger partial charge in [-0.2, -0.15) is 0 Å². The second-order valence-electron chi connectivity index (χ2n) is 4.75. The molecule has 0 saturated carbocycles. The minimum atomic E-state index is -0.604. The summed E-state index contributed by atoms with van der Waals surface area (Å²) in [6.07, 6.45) is 2.39. The number of hydrogen-bond donors (Lipinski definition) is 1. The molecule has 0 fully saturated rings. The van der Waals surface area contributed by atoms with Crippen LogP contribution in [0, 0.1) is 0 Å². The molecule has 1 aromatic carbocycles. The molecule has 0 radical (unpaired) electrons. The van der Waals surface area contributed by atoms with Gasteiger partial charge in [0, 0.05) is 6.42 Å². The Morgan fingerprint density at radius 3 is 2.42 bits per heavy atom. The lowest BCUT2D eigenvalue weighted by atomic mass is 9.88. The van der Waals surface area contributed by atoms with Crippen molar-refractivity contribution in [2.45, 2.75) is 45.6 Å². The minimum absolute atomic E-state index is 0.144. The number of esters is 1. The molecule has 106 valence electrons. The van der Waals surface area contributed by atoms with Crippen LogP contribution in [-0.4, -0.2) is 24.7 Å². The van der Waals surface area contributed by atoms with E-state index < -0.39 is 5.54 Å². The van der Waals surface area contributed by atoms with Crippen molar-refractivity contribution in [1.82, 2.24) is 5.32 Å². The van der Waals surface area contributed by atoms with Crippen molar-refractivity contribution in [3.8, 4) is 0 Å². The van der Waals surface area contributed by atoms with Gasteiger partial charge in [0.25, 0.3) is 0 Å². The molecule has 3 nitrogen and oxygen atoms in total. The Kier molecular flexibility index (Phi) is 6.57. The predicted molar refractivity (Wildman–Crippen MR) is 78.1 cm³/mol. The third kappa shape index (κ3) is 4.35. The summed E-state index contributed by atoms with van der Waals surface area (Å²) in [5.74, 6) is -0.144. The molecule has 0 heterocycles. The molecule has 0 bridgehead atoms. The maximum Gasteiger partial charge on any atom is 0.326 e. The maximum absolute atomic E-state index is 12.3. The van der Waals surface area contributed by atoms with Crippen molar-refractivity contribution < 1.29 is 9.53 Å². The molecule has 0 amide bonds. The summed E-state index contributed by atoms with van der Waals surface area (Å²) in [6.45, 7) is 7.22. The Bertz CT molecular complexity index is 378. The fourth-order valence-electron chi connectivity index (χ4n) is 2.18. The van der Waals surface area contributed by atoms with E-state index in [-0.39, 0.29) is 5.97 Å². The number of carbonyl (C=O) groups is 1. The molecule has 1 rings (SSSR count). The van der Waals surface area contributed by atoms with Crippen LogP contribution in [0.1, 0.15) is 39.2 Å². The number of ether oxygens (including phenoxy) is 1. The molecule has 0 aliphatic heterocycles. The van der Waals surface area contributed by atoms with Gasteiger partial charge in [-0.3, -0.25) is 4.79 Å². The lowest BCUT2D eigenvalue weighted by Gasteiger charge is -2.31. The van der Waals surface area contributed by atoms with Crippen LogP contribution in [0.15, 0.2) is 30.3 Å². The summed E-state index contributed by atoms with van der Waals surface area (Å²) in [5, 5.41) is 3.39. The van der Waals surface area contributed by atoms with Gasteiger partial charge in [0.1, 0.15) is 5.54 Å². The van der Waals surface area contributed by atoms with Gasteiger partial charge in [0.2, 0.25) is 0 Å². The summed E-state index contributed by atoms with van der Waals surface area (Å²) in [6, 6.07) is 10.1. The Labute approximate surface area is 116 Å². The SMILES string of the molecule is CCCNC(CC)(Cc1ccccc1)C(=O)OCC. The molecule has 3 heteroatoms. The normalized spacial score (nSPS) is 13.8. The standard InChI is InChI=1S/C16H25NO2/c1-4-12-17-16(5-2,15(18)19-6-3)13-14-10-8-7-9-11-14/h7-11,17H,4-6,12-13H2,1-3H3. The fourth-order valence-corrected chi connectivity index (χ4v) is 2.18. The van der Waals surface area contributed by atoms with Crippen LogP contribution >= 0.6 is 0 Å². The zero-order chi connectivity index (χ0) is 14.1. The molecule has 1 aromatic rings. The van der Waals surface area contributed by atoms with E-state index in [1.807, 2.05) is 32.0 Å². The quantitative estimate of drug-likeness (QED) is 0.733. The van der Waals surface area contributed by atoms with Crippen molar-refractivity contribution in [3.63, 3.8) is 0 Å². The lowest BCUT2D eigenvalue weighted by molar-refractivity contribution is -0.151. The van der Waals surface area contributed by atoms with Crippen LogP contribution < -0.4 is 5.32 Å². The lowest BCUT2D eigenvalue weighted by Crippen LogP contribution is -2.54. The van der Waals surface area contributed by atoms with Crippen LogP contribution in [0.25, 0.3) is 0 Å². The van der Waals surface area contributed by atoms with E-state index in [0.29, 0.717) is 13.0 Å². The Morgan fingerprint density at radius 2 is 1.89 bits per heavy atom. The molecule has 1 N–H and O–H groups in total. The largest absolute Gasteiger partial charge is 0.465 e. The fraction of sp³-hybridized carbons (Fsp3) is 0.562. The van der Waals surface area contributed by atoms with Gasteiger partial charge < -0.3 is 10.1 Å². The van der Waals surface area contributed by atoms with E-state index in [0.717, 1.165) is 24.9 Å². The maximum atomic E-state index is 12.3. The zero-order valence-corrected chi connectivity index (χ0v) is 12.2. The van der Waals surface area contributed by atoms with E-state index in [9.17, 15) is 4.79 Å². The molecule has 19 heavy (non-hydrogen) atoms. The van der Waals surface area contributed by atoms with E-state index in [1.165, 1.54) is 0 Å². The number of hydrogen-bond acceptors (Lipinski definition) is 3. The highest BCUT2D eigenvalue weighted by Crippen LogP contribution is 2.20. The Balaban J connectivity index is 2.91. The monoisotopic (exact) mass is 263 g/mol. The summed E-state index contributed by atoms with van der Waals surface area (Å²) < 4.78 is 5.27. The zero-order valence-electron chi connectivity index (χ0n) is 12.2. The van der Waals surface area contributed by atoms with Crippen LogP contribution in [0.3, 0.4) is 0 Å². The third-order valence-electron chi connectivity index (χ3n) is 3.33. The van der Waals surface area contributed by atoms with E-state index in [4.69, 9.17) is 4.74 Å². The molecule has 0 aromatic heterocycles. The van der Waals surface area contributed by atoms with Gasteiger partial charge in [0.15, 0.2) is 0 Å². The van der Waals surface area contributed by atoms with Crippen molar-refractivity contribution in [3.05, 3.63) is 35.9 Å². The predicted octanol–water partition coefficient (Wildman–Crippen LogP) is 2.94. The highest BCUT2D eigenvalue weighted by Gasteiger charge is 2.37. The van der Waals surface area contributed by atoms with Crippen LogP contribution in [0.2, 0.25) is 0 Å². The van der Waals surface area contributed by atoms with Gasteiger partial charge in [-0.25, -0.2) is 0 Å². The second kappa shape index (κ2) is 7.95. The van der Waals surface area contributed by atoms with E-state index in [2.05, 4.69) is 24.4 Å². The number of carbonyl (C=O) groups excluding carboxylic acids is 1. The molecule has 1 atom stereocenters. The van der Waals surface area contributed by atoms with Crippen molar-refractivity contribution in [2.24, 2.45) is 0 Å². The molecule has 1 unspecified atom stereocenters. The summed E-state index contributed by atoms with van der Waals surface area (Å²) >= 11 is 0. The first-order chi connectivity index (χ1) is 9.18. The van der Waals surface area contributed by atoms with Crippen molar-refractivity contribution >= 4 is 5.97 Å². The third-order valence-corrected chi connectivity index (χ3v) is 3.33. The topological polar surface area (TPSA) is 38.3 Å². The van der Waals surface area contributed by atoms with Crippen molar-refractivity contribution in [2.75, 3.05) is 13.2 Å². The van der Waals surface area contributed by atoms with Crippen LogP contribution in [-0.2, 0) is 16.0 Å². The van der Waals surface area contributed by atoms with E-state index >= 15 is 0 Å². The Hall–Kier alpha value is -1.35.